The van der Waals surface area contributed by atoms with Gasteiger partial charge in [-0.05, 0) is 37.5 Å². The summed E-state index contributed by atoms with van der Waals surface area (Å²) in [6.45, 7) is 3.50. The van der Waals surface area contributed by atoms with Gasteiger partial charge in [-0.1, -0.05) is 24.1 Å². The Hall–Kier alpha value is -2.70. The van der Waals surface area contributed by atoms with Crippen LogP contribution in [0.1, 0.15) is 37.0 Å². The summed E-state index contributed by atoms with van der Waals surface area (Å²) in [4.78, 5) is 12.2. The smallest absolute Gasteiger partial charge is 0.320 e. The predicted molar refractivity (Wildman–Crippen MR) is 95.8 cm³/mol. The Labute approximate surface area is 152 Å². The van der Waals surface area contributed by atoms with Gasteiger partial charge in [0, 0.05) is 18.0 Å². The van der Waals surface area contributed by atoms with E-state index in [1.54, 1.807) is 13.0 Å². The molecule has 0 saturated heterocycles. The zero-order valence-corrected chi connectivity index (χ0v) is 14.8. The second kappa shape index (κ2) is 6.90. The highest BCUT2D eigenvalue weighted by molar-refractivity contribution is 5.88. The van der Waals surface area contributed by atoms with Gasteiger partial charge in [-0.3, -0.25) is 5.32 Å². The van der Waals surface area contributed by atoms with Crippen LogP contribution in [0.4, 0.5) is 10.6 Å². The van der Waals surface area contributed by atoms with Crippen LogP contribution in [0, 0.1) is 6.92 Å². The highest BCUT2D eigenvalue weighted by Gasteiger charge is 2.36. The van der Waals surface area contributed by atoms with Crippen LogP contribution in [0.25, 0.3) is 0 Å². The third-order valence-electron chi connectivity index (χ3n) is 5.17. The maximum Gasteiger partial charge on any atom is 0.320 e. The minimum absolute atomic E-state index is 0.0765. The lowest BCUT2D eigenvalue weighted by atomic mass is 9.78. The summed E-state index contributed by atoms with van der Waals surface area (Å²) in [7, 11) is 0. The number of nitrogens with one attached hydrogen (secondary N) is 2. The van der Waals surface area contributed by atoms with Crippen molar-refractivity contribution in [3.63, 3.8) is 0 Å². The summed E-state index contributed by atoms with van der Waals surface area (Å²) in [5.74, 6) is 2.66. The number of rotatable bonds is 4. The molecule has 7 heteroatoms. The average Bonchev–Trinajstić information content (AvgIpc) is 3.29. The van der Waals surface area contributed by atoms with Crippen LogP contribution in [0.5, 0.6) is 11.5 Å². The summed E-state index contributed by atoms with van der Waals surface area (Å²) in [6, 6.07) is 7.55. The normalized spacial score (nSPS) is 17.7. The zero-order valence-electron chi connectivity index (χ0n) is 14.8. The molecule has 4 rings (SSSR count). The number of carbonyl (C=O) groups excluding carboxylic acids is 1. The largest absolute Gasteiger partial charge is 0.486 e. The third kappa shape index (κ3) is 3.34. The summed E-state index contributed by atoms with van der Waals surface area (Å²) in [5, 5.41) is 9.49. The maximum absolute atomic E-state index is 12.2. The number of urea groups is 1. The van der Waals surface area contributed by atoms with Crippen LogP contribution in [-0.4, -0.2) is 30.9 Å². The Morgan fingerprint density at radius 3 is 2.65 bits per heavy atom. The molecule has 138 valence electrons. The van der Waals surface area contributed by atoms with Crippen LogP contribution in [0.15, 0.2) is 28.8 Å². The van der Waals surface area contributed by atoms with E-state index in [2.05, 4.69) is 27.9 Å². The summed E-state index contributed by atoms with van der Waals surface area (Å²) < 4.78 is 16.3. The molecule has 2 heterocycles. The van der Waals surface area contributed by atoms with Gasteiger partial charge in [-0.15, -0.1) is 0 Å². The van der Waals surface area contributed by atoms with E-state index in [0.717, 1.165) is 37.2 Å². The van der Waals surface area contributed by atoms with E-state index in [-0.39, 0.29) is 11.4 Å². The highest BCUT2D eigenvalue weighted by Crippen LogP contribution is 2.43. The van der Waals surface area contributed by atoms with Crippen LogP contribution in [0.3, 0.4) is 0 Å². The van der Waals surface area contributed by atoms with E-state index in [4.69, 9.17) is 14.0 Å². The van der Waals surface area contributed by atoms with Crippen LogP contribution >= 0.6 is 0 Å². The molecule has 0 spiro atoms. The molecule has 26 heavy (non-hydrogen) atoms. The molecule has 0 radical (unpaired) electrons. The molecule has 1 aliphatic carbocycles. The number of hydrogen-bond acceptors (Lipinski definition) is 5. The molecule has 1 aromatic carbocycles. The van der Waals surface area contributed by atoms with E-state index in [0.29, 0.717) is 31.3 Å². The number of hydrogen-bond donors (Lipinski definition) is 2. The van der Waals surface area contributed by atoms with E-state index in [1.165, 1.54) is 5.56 Å². The van der Waals surface area contributed by atoms with Crippen molar-refractivity contribution < 1.29 is 18.8 Å². The minimum atomic E-state index is -0.276. The molecule has 0 bridgehead atoms. The van der Waals surface area contributed by atoms with Crippen LogP contribution in [0.2, 0.25) is 0 Å². The van der Waals surface area contributed by atoms with Crippen LogP contribution in [-0.2, 0) is 5.41 Å². The molecular formula is C19H23N3O4. The van der Waals surface area contributed by atoms with E-state index >= 15 is 0 Å². The van der Waals surface area contributed by atoms with Gasteiger partial charge >= 0.3 is 6.03 Å². The van der Waals surface area contributed by atoms with Crippen molar-refractivity contribution in [1.29, 1.82) is 0 Å². The Kier molecular flexibility index (Phi) is 4.44. The first-order valence-electron chi connectivity index (χ1n) is 9.03. The number of carbonyl (C=O) groups is 1. The fourth-order valence-corrected chi connectivity index (χ4v) is 3.83. The molecular weight excluding hydrogens is 334 g/mol. The second-order valence-corrected chi connectivity index (χ2v) is 6.98. The van der Waals surface area contributed by atoms with Gasteiger partial charge in [0.1, 0.15) is 19.0 Å². The molecule has 7 nitrogen and oxygen atoms in total. The number of aryl methyl sites for hydroxylation is 1. The van der Waals surface area contributed by atoms with Crippen molar-refractivity contribution >= 4 is 11.8 Å². The lowest BCUT2D eigenvalue weighted by Crippen LogP contribution is -2.41. The predicted octanol–water partition coefficient (Wildman–Crippen LogP) is 3.39. The first-order valence-corrected chi connectivity index (χ1v) is 9.03. The Bertz CT molecular complexity index is 796. The molecule has 2 amide bonds. The molecule has 1 aromatic heterocycles. The average molecular weight is 357 g/mol. The van der Waals surface area contributed by atoms with Gasteiger partial charge < -0.3 is 19.3 Å². The molecule has 2 aliphatic rings. The van der Waals surface area contributed by atoms with Crippen molar-refractivity contribution in [3.8, 4) is 11.5 Å². The van der Waals surface area contributed by atoms with E-state index in [9.17, 15) is 4.79 Å². The first-order chi connectivity index (χ1) is 12.6. The number of anilines is 1. The van der Waals surface area contributed by atoms with E-state index < -0.39 is 0 Å². The maximum atomic E-state index is 12.2. The standard InChI is InChI=1S/C19H23N3O4/c1-13-10-17(22-26-13)21-18(23)20-12-19(6-2-3-7-19)14-4-5-15-16(11-14)25-9-8-24-15/h4-5,10-11H,2-3,6-9,12H2,1H3,(H2,20,21,22,23). The monoisotopic (exact) mass is 357 g/mol. The van der Waals surface area contributed by atoms with Crippen molar-refractivity contribution in [2.24, 2.45) is 0 Å². The lowest BCUT2D eigenvalue weighted by molar-refractivity contribution is 0.171. The first kappa shape index (κ1) is 16.8. The van der Waals surface area contributed by atoms with Gasteiger partial charge in [0.05, 0.1) is 0 Å². The highest BCUT2D eigenvalue weighted by atomic mass is 16.6. The molecule has 2 N–H and O–H groups in total. The molecule has 2 aromatic rings. The summed E-state index contributed by atoms with van der Waals surface area (Å²) in [5.41, 5.74) is 1.12. The van der Waals surface area contributed by atoms with Crippen molar-refractivity contribution in [3.05, 3.63) is 35.6 Å². The molecule has 1 fully saturated rings. The fraction of sp³-hybridized carbons (Fsp3) is 0.474. The Morgan fingerprint density at radius 1 is 1.15 bits per heavy atom. The quantitative estimate of drug-likeness (QED) is 0.876. The lowest BCUT2D eigenvalue weighted by Gasteiger charge is -2.31. The topological polar surface area (TPSA) is 85.6 Å². The minimum Gasteiger partial charge on any atom is -0.486 e. The van der Waals surface area contributed by atoms with Crippen molar-refractivity contribution in [2.75, 3.05) is 25.1 Å². The molecule has 1 aliphatic heterocycles. The number of aromatic nitrogens is 1. The molecule has 0 atom stereocenters. The number of ether oxygens (including phenoxy) is 2. The third-order valence-corrected chi connectivity index (χ3v) is 5.17. The number of amides is 2. The Balaban J connectivity index is 1.47. The molecule has 0 unspecified atom stereocenters. The van der Waals surface area contributed by atoms with Gasteiger partial charge in [0.15, 0.2) is 17.3 Å². The fourth-order valence-electron chi connectivity index (χ4n) is 3.83. The number of fused-ring (bicyclic) bond motifs is 1. The number of nitrogens with zero attached hydrogens (tertiary/aromatic N) is 1. The van der Waals surface area contributed by atoms with Gasteiger partial charge in [-0.25, -0.2) is 4.79 Å². The van der Waals surface area contributed by atoms with Crippen LogP contribution < -0.4 is 20.1 Å². The van der Waals surface area contributed by atoms with Gasteiger partial charge in [0.25, 0.3) is 0 Å². The van der Waals surface area contributed by atoms with Crippen molar-refractivity contribution in [2.45, 2.75) is 38.0 Å². The SMILES string of the molecule is Cc1cc(NC(=O)NCC2(c3ccc4c(c3)OCCO4)CCCC2)no1. The zero-order chi connectivity index (χ0) is 18.0. The Morgan fingerprint density at radius 2 is 1.92 bits per heavy atom. The second-order valence-electron chi connectivity index (χ2n) is 6.98. The van der Waals surface area contributed by atoms with Gasteiger partial charge in [0.2, 0.25) is 0 Å². The van der Waals surface area contributed by atoms with Crippen molar-refractivity contribution in [1.82, 2.24) is 10.5 Å². The number of benzene rings is 1. The summed E-state index contributed by atoms with van der Waals surface area (Å²) in [6.07, 6.45) is 4.38. The summed E-state index contributed by atoms with van der Waals surface area (Å²) >= 11 is 0. The van der Waals surface area contributed by atoms with Gasteiger partial charge in [-0.2, -0.15) is 0 Å². The van der Waals surface area contributed by atoms with E-state index in [1.807, 2.05) is 6.07 Å². The molecule has 1 saturated carbocycles.